The van der Waals surface area contributed by atoms with E-state index in [2.05, 4.69) is 15.0 Å². The van der Waals surface area contributed by atoms with E-state index in [-0.39, 0.29) is 6.61 Å². The van der Waals surface area contributed by atoms with E-state index in [9.17, 15) is 0 Å². The second-order valence-corrected chi connectivity index (χ2v) is 6.88. The Morgan fingerprint density at radius 3 is 2.68 bits per heavy atom. The van der Waals surface area contributed by atoms with E-state index >= 15 is 0 Å². The van der Waals surface area contributed by atoms with Crippen LogP contribution in [0.15, 0.2) is 16.7 Å². The molecule has 8 nitrogen and oxygen atoms in total. The van der Waals surface area contributed by atoms with Crippen molar-refractivity contribution in [2.75, 3.05) is 34.5 Å². The van der Waals surface area contributed by atoms with Gasteiger partial charge in [0, 0.05) is 12.6 Å². The molecule has 2 aromatic rings. The van der Waals surface area contributed by atoms with E-state index in [0.29, 0.717) is 47.1 Å². The Kier molecular flexibility index (Phi) is 7.11. The van der Waals surface area contributed by atoms with Gasteiger partial charge in [-0.05, 0) is 44.4 Å². The van der Waals surface area contributed by atoms with Crippen LogP contribution >= 0.6 is 0 Å². The zero-order valence-electron chi connectivity index (χ0n) is 16.8. The second-order valence-electron chi connectivity index (χ2n) is 6.88. The summed E-state index contributed by atoms with van der Waals surface area (Å²) in [6.07, 6.45) is 5.34. The van der Waals surface area contributed by atoms with Gasteiger partial charge in [0.1, 0.15) is 0 Å². The zero-order chi connectivity index (χ0) is 19.9. The number of methoxy groups -OCH3 is 3. The summed E-state index contributed by atoms with van der Waals surface area (Å²) >= 11 is 0. The molecule has 3 rings (SSSR count). The van der Waals surface area contributed by atoms with Crippen molar-refractivity contribution in [3.8, 4) is 28.6 Å². The number of nitrogens with zero attached hydrogens (tertiary/aromatic N) is 3. The molecule has 0 saturated carbocycles. The largest absolute Gasteiger partial charge is 0.493 e. The topological polar surface area (TPSA) is 90.1 Å². The van der Waals surface area contributed by atoms with Crippen molar-refractivity contribution in [1.82, 2.24) is 15.0 Å². The van der Waals surface area contributed by atoms with Crippen LogP contribution in [0.25, 0.3) is 11.4 Å². The van der Waals surface area contributed by atoms with Crippen LogP contribution < -0.4 is 14.2 Å². The fourth-order valence-corrected chi connectivity index (χ4v) is 3.80. The van der Waals surface area contributed by atoms with Gasteiger partial charge in [-0.1, -0.05) is 11.6 Å². The van der Waals surface area contributed by atoms with Crippen LogP contribution in [0.2, 0.25) is 0 Å². The van der Waals surface area contributed by atoms with Crippen LogP contribution in [0.4, 0.5) is 0 Å². The maximum atomic E-state index is 9.14. The number of benzene rings is 1. The van der Waals surface area contributed by atoms with Crippen LogP contribution in [0.3, 0.4) is 0 Å². The fraction of sp³-hybridized carbons (Fsp3) is 0.600. The highest BCUT2D eigenvalue weighted by Gasteiger charge is 2.25. The number of aromatic nitrogens is 2. The number of aliphatic hydroxyl groups is 1. The molecule has 1 aromatic carbocycles. The standard InChI is InChI=1S/C20H29N3O5/c1-25-16-10-9-15(18(26-2)19(16)27-3)20-21-17(28-22-20)13-23-11-5-4-7-14(23)8-6-12-24/h9-10,14,24H,4-8,11-13H2,1-3H3/t14-/m1/s1. The maximum Gasteiger partial charge on any atom is 0.241 e. The third kappa shape index (κ3) is 4.39. The van der Waals surface area contributed by atoms with Crippen LogP contribution in [0.5, 0.6) is 17.2 Å². The van der Waals surface area contributed by atoms with E-state index in [1.807, 2.05) is 6.07 Å². The van der Waals surface area contributed by atoms with E-state index < -0.39 is 0 Å². The molecule has 2 heterocycles. The Morgan fingerprint density at radius 2 is 1.96 bits per heavy atom. The average molecular weight is 391 g/mol. The summed E-state index contributed by atoms with van der Waals surface area (Å²) in [5, 5.41) is 13.3. The lowest BCUT2D eigenvalue weighted by Crippen LogP contribution is -2.39. The number of hydrogen-bond acceptors (Lipinski definition) is 8. The van der Waals surface area contributed by atoms with E-state index in [4.69, 9.17) is 23.8 Å². The smallest absolute Gasteiger partial charge is 0.241 e. The number of hydrogen-bond donors (Lipinski definition) is 1. The molecule has 1 N–H and O–H groups in total. The van der Waals surface area contributed by atoms with Crippen LogP contribution in [-0.4, -0.2) is 60.7 Å². The Bertz CT molecular complexity index is 764. The van der Waals surface area contributed by atoms with Crippen molar-refractivity contribution in [2.24, 2.45) is 0 Å². The van der Waals surface area contributed by atoms with E-state index in [1.165, 1.54) is 12.8 Å². The molecule has 1 saturated heterocycles. The Morgan fingerprint density at radius 1 is 1.14 bits per heavy atom. The van der Waals surface area contributed by atoms with Crippen molar-refractivity contribution in [3.63, 3.8) is 0 Å². The highest BCUT2D eigenvalue weighted by Crippen LogP contribution is 2.43. The van der Waals surface area contributed by atoms with Gasteiger partial charge in [0.05, 0.1) is 33.4 Å². The summed E-state index contributed by atoms with van der Waals surface area (Å²) in [5.41, 5.74) is 0.686. The maximum absolute atomic E-state index is 9.14. The first-order chi connectivity index (χ1) is 13.7. The second kappa shape index (κ2) is 9.75. The van der Waals surface area contributed by atoms with E-state index in [0.717, 1.165) is 25.8 Å². The number of rotatable bonds is 9. The summed E-state index contributed by atoms with van der Waals surface area (Å²) in [4.78, 5) is 6.96. The first kappa shape index (κ1) is 20.4. The summed E-state index contributed by atoms with van der Waals surface area (Å²) in [7, 11) is 4.71. The quantitative estimate of drug-likeness (QED) is 0.698. The molecule has 28 heavy (non-hydrogen) atoms. The number of piperidine rings is 1. The zero-order valence-corrected chi connectivity index (χ0v) is 16.8. The third-order valence-corrected chi connectivity index (χ3v) is 5.20. The van der Waals surface area contributed by atoms with Gasteiger partial charge in [-0.2, -0.15) is 4.98 Å². The van der Waals surface area contributed by atoms with Crippen LogP contribution in [0.1, 0.15) is 38.0 Å². The monoisotopic (exact) mass is 391 g/mol. The van der Waals surface area contributed by atoms with E-state index in [1.54, 1.807) is 27.4 Å². The predicted octanol–water partition coefficient (Wildman–Crippen LogP) is 2.89. The lowest BCUT2D eigenvalue weighted by Gasteiger charge is -2.34. The summed E-state index contributed by atoms with van der Waals surface area (Å²) in [6, 6.07) is 4.08. The molecule has 0 amide bonds. The molecule has 0 unspecified atom stereocenters. The molecular formula is C20H29N3O5. The van der Waals surface area contributed by atoms with Gasteiger partial charge < -0.3 is 23.8 Å². The fourth-order valence-electron chi connectivity index (χ4n) is 3.80. The van der Waals surface area contributed by atoms with Gasteiger partial charge >= 0.3 is 0 Å². The first-order valence-corrected chi connectivity index (χ1v) is 9.68. The Labute approximate surface area is 165 Å². The SMILES string of the molecule is COc1ccc(-c2noc(CN3CCCC[C@@H]3CCCO)n2)c(OC)c1OC. The van der Waals surface area contributed by atoms with Gasteiger partial charge in [0.2, 0.25) is 17.5 Å². The molecule has 1 aromatic heterocycles. The molecule has 0 radical (unpaired) electrons. The molecule has 1 atom stereocenters. The van der Waals surface area contributed by atoms with Gasteiger partial charge in [0.25, 0.3) is 0 Å². The summed E-state index contributed by atoms with van der Waals surface area (Å²) < 4.78 is 21.8. The number of likely N-dealkylation sites (tertiary alicyclic amines) is 1. The minimum absolute atomic E-state index is 0.230. The average Bonchev–Trinajstić information content (AvgIpc) is 3.20. The minimum atomic E-state index is 0.230. The lowest BCUT2D eigenvalue weighted by molar-refractivity contribution is 0.110. The molecular weight excluding hydrogens is 362 g/mol. The number of ether oxygens (including phenoxy) is 3. The lowest BCUT2D eigenvalue weighted by atomic mass is 9.98. The minimum Gasteiger partial charge on any atom is -0.493 e. The van der Waals surface area contributed by atoms with Crippen molar-refractivity contribution in [3.05, 3.63) is 18.0 Å². The molecule has 154 valence electrons. The molecule has 0 spiro atoms. The molecule has 1 aliphatic heterocycles. The molecule has 8 heteroatoms. The third-order valence-electron chi connectivity index (χ3n) is 5.20. The van der Waals surface area contributed by atoms with Crippen LogP contribution in [-0.2, 0) is 6.54 Å². The Hall–Kier alpha value is -2.32. The number of aliphatic hydroxyl groups excluding tert-OH is 1. The first-order valence-electron chi connectivity index (χ1n) is 9.68. The normalized spacial score (nSPS) is 17.5. The van der Waals surface area contributed by atoms with Gasteiger partial charge in [-0.25, -0.2) is 0 Å². The highest BCUT2D eigenvalue weighted by molar-refractivity contribution is 5.71. The van der Waals surface area contributed by atoms with Crippen molar-refractivity contribution >= 4 is 0 Å². The summed E-state index contributed by atoms with van der Waals surface area (Å²) in [5.74, 6) is 2.60. The van der Waals surface area contributed by atoms with Crippen molar-refractivity contribution in [1.29, 1.82) is 0 Å². The Balaban J connectivity index is 1.80. The molecule has 1 fully saturated rings. The highest BCUT2D eigenvalue weighted by atomic mass is 16.5. The van der Waals surface area contributed by atoms with Gasteiger partial charge in [0.15, 0.2) is 11.5 Å². The molecule has 1 aliphatic rings. The summed E-state index contributed by atoms with van der Waals surface area (Å²) in [6.45, 7) is 1.85. The molecule has 0 aliphatic carbocycles. The van der Waals surface area contributed by atoms with Gasteiger partial charge in [-0.3, -0.25) is 4.90 Å². The predicted molar refractivity (Wildman–Crippen MR) is 104 cm³/mol. The molecule has 0 bridgehead atoms. The van der Waals surface area contributed by atoms with Gasteiger partial charge in [-0.15, -0.1) is 0 Å². The van der Waals surface area contributed by atoms with Crippen molar-refractivity contribution < 1.29 is 23.8 Å². The van der Waals surface area contributed by atoms with Crippen molar-refractivity contribution in [2.45, 2.75) is 44.7 Å². The van der Waals surface area contributed by atoms with Crippen LogP contribution in [0, 0.1) is 0 Å².